The third kappa shape index (κ3) is 7.80. The lowest BCUT2D eigenvalue weighted by Gasteiger charge is -2.34. The summed E-state index contributed by atoms with van der Waals surface area (Å²) in [7, 11) is 0. The molecule has 2 rings (SSSR count). The van der Waals surface area contributed by atoms with Gasteiger partial charge in [0.15, 0.2) is 6.10 Å². The Bertz CT molecular complexity index is 679. The number of amides is 2. The van der Waals surface area contributed by atoms with Gasteiger partial charge in [-0.05, 0) is 5.56 Å². The number of alkyl halides is 6. The normalized spacial score (nSPS) is 17.7. The zero-order valence-electron chi connectivity index (χ0n) is 15.0. The molecular weight excluding hydrogens is 410 g/mol. The summed E-state index contributed by atoms with van der Waals surface area (Å²) in [6.45, 7) is -5.01. The minimum Gasteiger partial charge on any atom is -0.445 e. The molecule has 6 nitrogen and oxygen atoms in total. The van der Waals surface area contributed by atoms with Crippen LogP contribution in [0.25, 0.3) is 0 Å². The van der Waals surface area contributed by atoms with E-state index >= 15 is 0 Å². The van der Waals surface area contributed by atoms with Gasteiger partial charge in [-0.1, -0.05) is 30.3 Å². The highest BCUT2D eigenvalue weighted by atomic mass is 19.4. The number of ether oxygens (including phenoxy) is 2. The topological polar surface area (TPSA) is 59.1 Å². The number of carbonyl (C=O) groups excluding carboxylic acids is 2. The van der Waals surface area contributed by atoms with Crippen LogP contribution in [-0.2, 0) is 20.9 Å². The molecule has 1 saturated heterocycles. The number of halogens is 6. The molecule has 12 heteroatoms. The highest BCUT2D eigenvalue weighted by Gasteiger charge is 2.43. The van der Waals surface area contributed by atoms with Gasteiger partial charge in [0.2, 0.25) is 0 Å². The standard InChI is InChI=1S/C17H18F6N2O4/c18-16(19,20)10-25(11-17(21,22)23)14(26)13-8-24(6-7-28-13)15(27)29-9-12-4-2-1-3-5-12/h1-5,13H,6-11H2. The van der Waals surface area contributed by atoms with Crippen LogP contribution in [0.1, 0.15) is 5.56 Å². The van der Waals surface area contributed by atoms with Crippen molar-refractivity contribution in [2.24, 2.45) is 0 Å². The van der Waals surface area contributed by atoms with Crippen molar-refractivity contribution in [1.82, 2.24) is 9.80 Å². The molecule has 0 N–H and O–H groups in total. The van der Waals surface area contributed by atoms with Crippen molar-refractivity contribution in [3.63, 3.8) is 0 Å². The number of rotatable bonds is 5. The highest BCUT2D eigenvalue weighted by Crippen LogP contribution is 2.23. The fourth-order valence-corrected chi connectivity index (χ4v) is 2.62. The smallest absolute Gasteiger partial charge is 0.410 e. The molecular formula is C17H18F6N2O4. The van der Waals surface area contributed by atoms with Gasteiger partial charge in [0, 0.05) is 6.54 Å². The number of morpholine rings is 1. The maximum Gasteiger partial charge on any atom is 0.410 e. The van der Waals surface area contributed by atoms with Gasteiger partial charge in [0.05, 0.1) is 13.2 Å². The summed E-state index contributed by atoms with van der Waals surface area (Å²) in [5.41, 5.74) is 0.684. The van der Waals surface area contributed by atoms with Crippen molar-refractivity contribution in [3.05, 3.63) is 35.9 Å². The summed E-state index contributed by atoms with van der Waals surface area (Å²) < 4.78 is 85.6. The molecule has 0 aromatic heterocycles. The van der Waals surface area contributed by atoms with E-state index in [-0.39, 0.29) is 24.7 Å². The quantitative estimate of drug-likeness (QED) is 0.677. The second-order valence-electron chi connectivity index (χ2n) is 6.27. The van der Waals surface area contributed by atoms with E-state index in [0.717, 1.165) is 4.90 Å². The van der Waals surface area contributed by atoms with Gasteiger partial charge in [-0.2, -0.15) is 26.3 Å². The first kappa shape index (κ1) is 22.8. The molecule has 29 heavy (non-hydrogen) atoms. The molecule has 2 amide bonds. The summed E-state index contributed by atoms with van der Waals surface area (Å²) in [5, 5.41) is 0. The Morgan fingerprint density at radius 1 is 1.07 bits per heavy atom. The molecule has 0 bridgehead atoms. The van der Waals surface area contributed by atoms with Crippen LogP contribution in [-0.4, -0.2) is 73.0 Å². The van der Waals surface area contributed by atoms with E-state index in [1.807, 2.05) is 0 Å². The Morgan fingerprint density at radius 2 is 1.66 bits per heavy atom. The molecule has 1 aromatic rings. The third-order valence-electron chi connectivity index (χ3n) is 3.86. The first-order valence-electron chi connectivity index (χ1n) is 8.44. The van der Waals surface area contributed by atoms with Gasteiger partial charge in [0.25, 0.3) is 5.91 Å². The summed E-state index contributed by atoms with van der Waals surface area (Å²) in [4.78, 5) is 25.0. The Hall–Kier alpha value is -2.50. The highest BCUT2D eigenvalue weighted by molar-refractivity contribution is 5.82. The molecule has 0 saturated carbocycles. The predicted octanol–water partition coefficient (Wildman–Crippen LogP) is 2.98. The number of nitrogens with zero attached hydrogens (tertiary/aromatic N) is 2. The van der Waals surface area contributed by atoms with E-state index in [1.54, 1.807) is 30.3 Å². The summed E-state index contributed by atoms with van der Waals surface area (Å²) in [6.07, 6.45) is -12.6. The molecule has 1 aromatic carbocycles. The maximum atomic E-state index is 12.6. The average molecular weight is 428 g/mol. The largest absolute Gasteiger partial charge is 0.445 e. The lowest BCUT2D eigenvalue weighted by Crippen LogP contribution is -2.55. The number of benzene rings is 1. The van der Waals surface area contributed by atoms with Crippen LogP contribution in [0, 0.1) is 0 Å². The van der Waals surface area contributed by atoms with E-state index in [1.165, 1.54) is 0 Å². The molecule has 0 aliphatic carbocycles. The van der Waals surface area contributed by atoms with E-state index < -0.39 is 50.1 Å². The number of carbonyl (C=O) groups is 2. The monoisotopic (exact) mass is 428 g/mol. The van der Waals surface area contributed by atoms with Gasteiger partial charge < -0.3 is 19.3 Å². The van der Waals surface area contributed by atoms with Crippen molar-refractivity contribution in [2.75, 3.05) is 32.8 Å². The zero-order valence-corrected chi connectivity index (χ0v) is 15.0. The number of hydrogen-bond acceptors (Lipinski definition) is 4. The van der Waals surface area contributed by atoms with Crippen LogP contribution in [0.4, 0.5) is 31.1 Å². The van der Waals surface area contributed by atoms with E-state index in [4.69, 9.17) is 9.47 Å². The van der Waals surface area contributed by atoms with Crippen molar-refractivity contribution in [2.45, 2.75) is 25.1 Å². The Labute approximate surface area is 162 Å². The average Bonchev–Trinajstić information content (AvgIpc) is 2.63. The first-order chi connectivity index (χ1) is 13.4. The molecule has 162 valence electrons. The van der Waals surface area contributed by atoms with Gasteiger partial charge >= 0.3 is 18.4 Å². The van der Waals surface area contributed by atoms with Crippen LogP contribution in [0.15, 0.2) is 30.3 Å². The minimum absolute atomic E-state index is 0.0179. The minimum atomic E-state index is -5.02. The summed E-state index contributed by atoms with van der Waals surface area (Å²) >= 11 is 0. The number of hydrogen-bond donors (Lipinski definition) is 0. The maximum absolute atomic E-state index is 12.6. The molecule has 1 unspecified atom stereocenters. The van der Waals surface area contributed by atoms with Crippen molar-refractivity contribution in [1.29, 1.82) is 0 Å². The van der Waals surface area contributed by atoms with E-state index in [2.05, 4.69) is 0 Å². The molecule has 0 spiro atoms. The van der Waals surface area contributed by atoms with Gasteiger partial charge in [-0.3, -0.25) is 4.79 Å². The molecule has 1 aliphatic rings. The second kappa shape index (κ2) is 9.33. The van der Waals surface area contributed by atoms with Crippen LogP contribution >= 0.6 is 0 Å². The Morgan fingerprint density at radius 3 is 2.21 bits per heavy atom. The van der Waals surface area contributed by atoms with Crippen molar-refractivity contribution in [3.8, 4) is 0 Å². The van der Waals surface area contributed by atoms with Crippen LogP contribution in [0.5, 0.6) is 0 Å². The lowest BCUT2D eigenvalue weighted by molar-refractivity contribution is -0.194. The fourth-order valence-electron chi connectivity index (χ4n) is 2.62. The fraction of sp³-hybridized carbons (Fsp3) is 0.529. The predicted molar refractivity (Wildman–Crippen MR) is 86.6 cm³/mol. The van der Waals surface area contributed by atoms with Crippen LogP contribution < -0.4 is 0 Å². The van der Waals surface area contributed by atoms with Crippen LogP contribution in [0.3, 0.4) is 0 Å². The van der Waals surface area contributed by atoms with Crippen molar-refractivity contribution >= 4 is 12.0 Å². The van der Waals surface area contributed by atoms with Gasteiger partial charge in [0.1, 0.15) is 19.7 Å². The first-order valence-corrected chi connectivity index (χ1v) is 8.44. The molecule has 1 heterocycles. The summed E-state index contributed by atoms with van der Waals surface area (Å²) in [5.74, 6) is -1.50. The second-order valence-corrected chi connectivity index (χ2v) is 6.27. The zero-order chi connectivity index (χ0) is 21.7. The van der Waals surface area contributed by atoms with E-state index in [0.29, 0.717) is 5.56 Å². The third-order valence-corrected chi connectivity index (χ3v) is 3.86. The molecule has 1 fully saturated rings. The van der Waals surface area contributed by atoms with Crippen LogP contribution in [0.2, 0.25) is 0 Å². The van der Waals surface area contributed by atoms with E-state index in [9.17, 15) is 35.9 Å². The Balaban J connectivity index is 1.99. The SMILES string of the molecule is O=C(OCc1ccccc1)N1CCOC(C(=O)N(CC(F)(F)F)CC(F)(F)F)C1. The molecule has 1 aliphatic heterocycles. The molecule has 1 atom stereocenters. The van der Waals surface area contributed by atoms with Gasteiger partial charge in [-0.25, -0.2) is 4.79 Å². The molecule has 0 radical (unpaired) electrons. The Kier molecular flexibility index (Phi) is 7.33. The van der Waals surface area contributed by atoms with Crippen molar-refractivity contribution < 1.29 is 45.4 Å². The lowest BCUT2D eigenvalue weighted by atomic mass is 10.2. The summed E-state index contributed by atoms with van der Waals surface area (Å²) in [6, 6.07) is 8.61. The van der Waals surface area contributed by atoms with Gasteiger partial charge in [-0.15, -0.1) is 0 Å².